The molecule has 2 rings (SSSR count). The van der Waals surface area contributed by atoms with E-state index >= 15 is 0 Å². The average molecular weight is 314 g/mol. The minimum atomic E-state index is 0.624. The first kappa shape index (κ1) is 16.3. The summed E-state index contributed by atoms with van der Waals surface area (Å²) in [5, 5.41) is 7.06. The van der Waals surface area contributed by atoms with Crippen molar-refractivity contribution in [3.05, 3.63) is 59.2 Å². The topological polar surface area (TPSA) is 33.3 Å². The SMILES string of the molecule is CCOc1ccc(CNC(=S)Nc2cc(C)cc(C)c2)cc1. The van der Waals surface area contributed by atoms with Crippen LogP contribution in [0.3, 0.4) is 0 Å². The maximum Gasteiger partial charge on any atom is 0.171 e. The molecule has 2 N–H and O–H groups in total. The van der Waals surface area contributed by atoms with E-state index in [9.17, 15) is 0 Å². The van der Waals surface area contributed by atoms with Crippen molar-refractivity contribution in [2.75, 3.05) is 11.9 Å². The van der Waals surface area contributed by atoms with E-state index in [-0.39, 0.29) is 0 Å². The van der Waals surface area contributed by atoms with Crippen LogP contribution in [0.25, 0.3) is 0 Å². The normalized spacial score (nSPS) is 10.1. The Morgan fingerprint density at radius 3 is 2.27 bits per heavy atom. The van der Waals surface area contributed by atoms with Gasteiger partial charge < -0.3 is 15.4 Å². The Morgan fingerprint density at radius 1 is 1.05 bits per heavy atom. The maximum atomic E-state index is 5.43. The molecular formula is C18H22N2OS. The molecule has 22 heavy (non-hydrogen) atoms. The molecule has 0 fully saturated rings. The molecule has 0 bridgehead atoms. The number of hydrogen-bond acceptors (Lipinski definition) is 2. The highest BCUT2D eigenvalue weighted by molar-refractivity contribution is 7.80. The number of rotatable bonds is 5. The van der Waals surface area contributed by atoms with Gasteiger partial charge in [-0.1, -0.05) is 18.2 Å². The van der Waals surface area contributed by atoms with E-state index in [1.807, 2.05) is 31.2 Å². The van der Waals surface area contributed by atoms with Crippen molar-refractivity contribution in [1.82, 2.24) is 5.32 Å². The van der Waals surface area contributed by atoms with E-state index in [0.717, 1.165) is 17.0 Å². The van der Waals surface area contributed by atoms with Crippen LogP contribution in [0, 0.1) is 13.8 Å². The van der Waals surface area contributed by atoms with E-state index in [2.05, 4.69) is 42.7 Å². The molecule has 0 aliphatic carbocycles. The number of thiocarbonyl (C=S) groups is 1. The predicted molar refractivity (Wildman–Crippen MR) is 96.6 cm³/mol. The van der Waals surface area contributed by atoms with Gasteiger partial charge in [0.2, 0.25) is 0 Å². The van der Waals surface area contributed by atoms with Crippen molar-refractivity contribution in [1.29, 1.82) is 0 Å². The van der Waals surface area contributed by atoms with E-state index in [4.69, 9.17) is 17.0 Å². The highest BCUT2D eigenvalue weighted by atomic mass is 32.1. The van der Waals surface area contributed by atoms with E-state index in [1.165, 1.54) is 11.1 Å². The van der Waals surface area contributed by atoms with Gasteiger partial charge >= 0.3 is 0 Å². The zero-order chi connectivity index (χ0) is 15.9. The van der Waals surface area contributed by atoms with Gasteiger partial charge in [-0.25, -0.2) is 0 Å². The summed E-state index contributed by atoms with van der Waals surface area (Å²) in [4.78, 5) is 0. The monoisotopic (exact) mass is 314 g/mol. The summed E-state index contributed by atoms with van der Waals surface area (Å²) in [5.41, 5.74) is 4.61. The molecule has 0 saturated carbocycles. The molecule has 0 heterocycles. The first-order valence-electron chi connectivity index (χ1n) is 7.41. The lowest BCUT2D eigenvalue weighted by Crippen LogP contribution is -2.27. The van der Waals surface area contributed by atoms with Gasteiger partial charge in [-0.2, -0.15) is 0 Å². The van der Waals surface area contributed by atoms with E-state index in [1.54, 1.807) is 0 Å². The summed E-state index contributed by atoms with van der Waals surface area (Å²) >= 11 is 5.34. The van der Waals surface area contributed by atoms with Crippen molar-refractivity contribution in [2.24, 2.45) is 0 Å². The lowest BCUT2D eigenvalue weighted by molar-refractivity contribution is 0.340. The first-order chi connectivity index (χ1) is 10.6. The quantitative estimate of drug-likeness (QED) is 0.811. The highest BCUT2D eigenvalue weighted by Crippen LogP contribution is 2.14. The zero-order valence-corrected chi connectivity index (χ0v) is 14.1. The van der Waals surface area contributed by atoms with Gasteiger partial charge in [0.1, 0.15) is 5.75 Å². The summed E-state index contributed by atoms with van der Waals surface area (Å²) < 4.78 is 5.43. The largest absolute Gasteiger partial charge is 0.494 e. The van der Waals surface area contributed by atoms with Crippen LogP contribution in [0.2, 0.25) is 0 Å². The molecule has 116 valence electrons. The number of ether oxygens (including phenoxy) is 1. The van der Waals surface area contributed by atoms with Crippen molar-refractivity contribution < 1.29 is 4.74 Å². The molecule has 0 radical (unpaired) electrons. The van der Waals surface area contributed by atoms with Gasteiger partial charge in [0.15, 0.2) is 5.11 Å². The standard InChI is InChI=1S/C18H22N2OS/c1-4-21-17-7-5-15(6-8-17)12-19-18(22)20-16-10-13(2)9-14(3)11-16/h5-11H,4,12H2,1-3H3,(H2,19,20,22). The number of hydrogen-bond donors (Lipinski definition) is 2. The van der Waals surface area contributed by atoms with Crippen LogP contribution >= 0.6 is 12.2 Å². The highest BCUT2D eigenvalue weighted by Gasteiger charge is 2.00. The molecular weight excluding hydrogens is 292 g/mol. The van der Waals surface area contributed by atoms with Crippen molar-refractivity contribution in [3.8, 4) is 5.75 Å². The number of anilines is 1. The Kier molecular flexibility index (Phi) is 5.78. The third kappa shape index (κ3) is 5.04. The molecule has 0 saturated heterocycles. The van der Waals surface area contributed by atoms with E-state index < -0.39 is 0 Å². The number of benzene rings is 2. The van der Waals surface area contributed by atoms with E-state index in [0.29, 0.717) is 18.3 Å². The minimum Gasteiger partial charge on any atom is -0.494 e. The summed E-state index contributed by atoms with van der Waals surface area (Å²) in [6, 6.07) is 14.3. The van der Waals surface area contributed by atoms with Crippen LogP contribution in [0.15, 0.2) is 42.5 Å². The van der Waals surface area contributed by atoms with Crippen LogP contribution in [-0.4, -0.2) is 11.7 Å². The third-order valence-corrected chi connectivity index (χ3v) is 3.41. The predicted octanol–water partition coefficient (Wildman–Crippen LogP) is 4.19. The van der Waals surface area contributed by atoms with Crippen LogP contribution < -0.4 is 15.4 Å². The molecule has 0 atom stereocenters. The van der Waals surface area contributed by atoms with Crippen LogP contribution in [0.5, 0.6) is 5.75 Å². The van der Waals surface area contributed by atoms with Crippen LogP contribution in [0.4, 0.5) is 5.69 Å². The second kappa shape index (κ2) is 7.80. The van der Waals surface area contributed by atoms with Crippen LogP contribution in [-0.2, 0) is 6.54 Å². The fraction of sp³-hybridized carbons (Fsp3) is 0.278. The number of nitrogens with one attached hydrogen (secondary N) is 2. The molecule has 4 heteroatoms. The molecule has 2 aromatic carbocycles. The zero-order valence-electron chi connectivity index (χ0n) is 13.3. The molecule has 0 aromatic heterocycles. The summed E-state index contributed by atoms with van der Waals surface area (Å²) in [5.74, 6) is 0.891. The summed E-state index contributed by atoms with van der Waals surface area (Å²) in [6.07, 6.45) is 0. The first-order valence-corrected chi connectivity index (χ1v) is 7.82. The van der Waals surface area contributed by atoms with Gasteiger partial charge in [0.25, 0.3) is 0 Å². The maximum absolute atomic E-state index is 5.43. The average Bonchev–Trinajstić information content (AvgIpc) is 2.46. The summed E-state index contributed by atoms with van der Waals surface area (Å²) in [6.45, 7) is 7.50. The lowest BCUT2D eigenvalue weighted by atomic mass is 10.1. The molecule has 0 spiro atoms. The van der Waals surface area contributed by atoms with Gasteiger partial charge in [0, 0.05) is 12.2 Å². The Balaban J connectivity index is 1.87. The van der Waals surface area contributed by atoms with Crippen molar-refractivity contribution >= 4 is 23.0 Å². The molecule has 0 aliphatic heterocycles. The minimum absolute atomic E-state index is 0.624. The molecule has 3 nitrogen and oxygen atoms in total. The van der Waals surface area contributed by atoms with Gasteiger partial charge in [0.05, 0.1) is 6.61 Å². The molecule has 2 aromatic rings. The third-order valence-electron chi connectivity index (χ3n) is 3.17. The second-order valence-electron chi connectivity index (χ2n) is 5.26. The fourth-order valence-electron chi connectivity index (χ4n) is 2.27. The van der Waals surface area contributed by atoms with Gasteiger partial charge in [-0.3, -0.25) is 0 Å². The lowest BCUT2D eigenvalue weighted by Gasteiger charge is -2.12. The van der Waals surface area contributed by atoms with Crippen LogP contribution in [0.1, 0.15) is 23.6 Å². The Bertz CT molecular complexity index is 618. The van der Waals surface area contributed by atoms with Gasteiger partial charge in [-0.05, 0) is 73.9 Å². The molecule has 0 aliphatic rings. The number of aryl methyl sites for hydroxylation is 2. The van der Waals surface area contributed by atoms with Gasteiger partial charge in [-0.15, -0.1) is 0 Å². The fourth-order valence-corrected chi connectivity index (χ4v) is 2.46. The molecule has 0 amide bonds. The smallest absolute Gasteiger partial charge is 0.171 e. The summed E-state index contributed by atoms with van der Waals surface area (Å²) in [7, 11) is 0. The Morgan fingerprint density at radius 2 is 1.68 bits per heavy atom. The van der Waals surface area contributed by atoms with Crippen molar-refractivity contribution in [3.63, 3.8) is 0 Å². The Hall–Kier alpha value is -2.07. The second-order valence-corrected chi connectivity index (χ2v) is 5.67. The molecule has 0 unspecified atom stereocenters. The Labute approximate surface area is 137 Å². The van der Waals surface area contributed by atoms with Crippen molar-refractivity contribution in [2.45, 2.75) is 27.3 Å².